The Hall–Kier alpha value is -0.420. The Bertz CT molecular complexity index is 495. The molecule has 5 saturated carbocycles. The molecule has 0 spiro atoms. The first-order chi connectivity index (χ1) is 7.96. The van der Waals surface area contributed by atoms with Crippen LogP contribution in [0.5, 0.6) is 0 Å². The van der Waals surface area contributed by atoms with E-state index >= 15 is 0 Å². The molecule has 6 bridgehead atoms. The predicted molar refractivity (Wildman–Crippen MR) is 59.5 cm³/mol. The van der Waals surface area contributed by atoms with Crippen LogP contribution in [-0.2, 0) is 19.1 Å². The maximum Gasteiger partial charge on any atom is 0.264 e. The van der Waals surface area contributed by atoms with Gasteiger partial charge in [0.1, 0.15) is 5.78 Å². The summed E-state index contributed by atoms with van der Waals surface area (Å²) in [6, 6.07) is 0. The van der Waals surface area contributed by atoms with Gasteiger partial charge in [0.2, 0.25) is 0 Å². The highest BCUT2D eigenvalue weighted by atomic mass is 32.2. The molecule has 0 aliphatic heterocycles. The van der Waals surface area contributed by atoms with Gasteiger partial charge in [-0.25, -0.2) is 0 Å². The van der Waals surface area contributed by atoms with Gasteiger partial charge in [-0.3, -0.25) is 8.98 Å². The van der Waals surface area contributed by atoms with Gasteiger partial charge in [0.15, 0.2) is 0 Å². The molecule has 94 valence electrons. The average Bonchev–Trinajstić information content (AvgIpc) is 2.71. The maximum absolute atomic E-state index is 11.8. The van der Waals surface area contributed by atoms with Crippen LogP contribution in [0.25, 0.3) is 0 Å². The summed E-state index contributed by atoms with van der Waals surface area (Å²) < 4.78 is 28.0. The monoisotopic (exact) mass is 256 g/mol. The molecule has 4 nitrogen and oxygen atoms in total. The van der Waals surface area contributed by atoms with Crippen molar-refractivity contribution in [3.63, 3.8) is 0 Å². The van der Waals surface area contributed by atoms with Gasteiger partial charge in [-0.1, -0.05) is 0 Å². The van der Waals surface area contributed by atoms with E-state index in [9.17, 15) is 13.2 Å². The first-order valence-electron chi connectivity index (χ1n) is 6.36. The number of carbonyl (C=O) groups is 1. The van der Waals surface area contributed by atoms with Gasteiger partial charge in [0, 0.05) is 12.3 Å². The van der Waals surface area contributed by atoms with Crippen molar-refractivity contribution in [3.8, 4) is 0 Å². The fourth-order valence-electron chi connectivity index (χ4n) is 5.39. The van der Waals surface area contributed by atoms with E-state index in [0.717, 1.165) is 19.1 Å². The van der Waals surface area contributed by atoms with Crippen LogP contribution >= 0.6 is 0 Å². The zero-order chi connectivity index (χ0) is 11.9. The first kappa shape index (κ1) is 10.5. The fourth-order valence-corrected chi connectivity index (χ4v) is 6.08. The molecule has 0 N–H and O–H groups in total. The molecule has 0 heterocycles. The number of Topliss-reactive ketones (excluding diaryl/α,β-unsaturated/α-hetero) is 1. The van der Waals surface area contributed by atoms with E-state index in [1.807, 2.05) is 0 Å². The molecule has 0 radical (unpaired) electrons. The summed E-state index contributed by atoms with van der Waals surface area (Å²) in [4.78, 5) is 11.8. The zero-order valence-corrected chi connectivity index (χ0v) is 10.5. The summed E-state index contributed by atoms with van der Waals surface area (Å²) in [7, 11) is -3.37. The second-order valence-corrected chi connectivity index (χ2v) is 7.86. The Morgan fingerprint density at radius 1 is 1.18 bits per heavy atom. The zero-order valence-electron chi connectivity index (χ0n) is 9.70. The number of hydrogen-bond acceptors (Lipinski definition) is 4. The van der Waals surface area contributed by atoms with E-state index in [2.05, 4.69) is 0 Å². The molecule has 5 fully saturated rings. The molecule has 5 rings (SSSR count). The first-order valence-corrected chi connectivity index (χ1v) is 8.18. The van der Waals surface area contributed by atoms with Gasteiger partial charge in [0.25, 0.3) is 10.1 Å². The lowest BCUT2D eigenvalue weighted by Gasteiger charge is -2.34. The van der Waals surface area contributed by atoms with E-state index in [-0.39, 0.29) is 12.0 Å². The van der Waals surface area contributed by atoms with Crippen LogP contribution in [0.2, 0.25) is 0 Å². The van der Waals surface area contributed by atoms with Gasteiger partial charge < -0.3 is 0 Å². The third kappa shape index (κ3) is 1.22. The highest BCUT2D eigenvalue weighted by Crippen LogP contribution is 2.69. The molecule has 0 aromatic heterocycles. The van der Waals surface area contributed by atoms with Crippen LogP contribution in [0.1, 0.15) is 19.3 Å². The van der Waals surface area contributed by atoms with E-state index in [1.165, 1.54) is 0 Å². The van der Waals surface area contributed by atoms with Crippen LogP contribution < -0.4 is 0 Å². The summed E-state index contributed by atoms with van der Waals surface area (Å²) in [6.07, 6.45) is 3.69. The van der Waals surface area contributed by atoms with Gasteiger partial charge in [-0.05, 0) is 42.4 Å². The highest BCUT2D eigenvalue weighted by molar-refractivity contribution is 7.86. The van der Waals surface area contributed by atoms with Gasteiger partial charge in [0.05, 0.1) is 12.4 Å². The second-order valence-electron chi connectivity index (χ2n) is 6.26. The molecule has 0 saturated heterocycles. The van der Waals surface area contributed by atoms with Crippen molar-refractivity contribution in [2.45, 2.75) is 25.4 Å². The largest absolute Gasteiger partial charge is 0.299 e. The predicted octanol–water partition coefficient (Wildman–Crippen LogP) is 0.822. The highest BCUT2D eigenvalue weighted by Gasteiger charge is 2.69. The minimum Gasteiger partial charge on any atom is -0.299 e. The third-order valence-corrected chi connectivity index (χ3v) is 6.12. The van der Waals surface area contributed by atoms with E-state index in [4.69, 9.17) is 4.18 Å². The quantitative estimate of drug-likeness (QED) is 0.686. The topological polar surface area (TPSA) is 60.4 Å². The van der Waals surface area contributed by atoms with Crippen LogP contribution in [0, 0.1) is 35.5 Å². The van der Waals surface area contributed by atoms with Crippen molar-refractivity contribution in [3.05, 3.63) is 0 Å². The standard InChI is InChI=1S/C12H16O4S/c1-17(14,15)16-12-5-2-6-7-4-9(13)10(6)8(3-5)11(7)12/h5-8,10-12H,2-4H2,1H3/t5-,6?,7-,8-,10+,11+,12+/m0/s1. The molecule has 5 aliphatic rings. The molecule has 7 atom stereocenters. The lowest BCUT2D eigenvalue weighted by atomic mass is 9.75. The smallest absolute Gasteiger partial charge is 0.264 e. The molecule has 17 heavy (non-hydrogen) atoms. The maximum atomic E-state index is 11.8. The summed E-state index contributed by atoms with van der Waals surface area (Å²) in [6.45, 7) is 0. The number of rotatable bonds is 2. The summed E-state index contributed by atoms with van der Waals surface area (Å²) in [5.41, 5.74) is 0. The van der Waals surface area contributed by atoms with Crippen LogP contribution in [0.15, 0.2) is 0 Å². The lowest BCUT2D eigenvalue weighted by Crippen LogP contribution is -2.37. The van der Waals surface area contributed by atoms with Gasteiger partial charge in [-0.2, -0.15) is 8.42 Å². The molecule has 5 heteroatoms. The molecule has 0 aromatic rings. The van der Waals surface area contributed by atoms with E-state index in [0.29, 0.717) is 41.8 Å². The van der Waals surface area contributed by atoms with E-state index < -0.39 is 10.1 Å². The second kappa shape index (κ2) is 2.94. The minimum atomic E-state index is -3.37. The van der Waals surface area contributed by atoms with Crippen molar-refractivity contribution in [2.75, 3.05) is 6.26 Å². The van der Waals surface area contributed by atoms with Crippen LogP contribution in [0.3, 0.4) is 0 Å². The summed E-state index contributed by atoms with van der Waals surface area (Å²) in [5, 5.41) is 0. The minimum absolute atomic E-state index is 0.130. The van der Waals surface area contributed by atoms with Gasteiger partial charge in [-0.15, -0.1) is 0 Å². The van der Waals surface area contributed by atoms with Crippen molar-refractivity contribution < 1.29 is 17.4 Å². The van der Waals surface area contributed by atoms with Crippen molar-refractivity contribution in [2.24, 2.45) is 35.5 Å². The molecule has 0 amide bonds. The number of hydrogen-bond donors (Lipinski definition) is 0. The van der Waals surface area contributed by atoms with Crippen LogP contribution in [0.4, 0.5) is 0 Å². The van der Waals surface area contributed by atoms with Crippen LogP contribution in [-0.4, -0.2) is 26.6 Å². The number of ketones is 1. The third-order valence-electron chi connectivity index (χ3n) is 5.55. The van der Waals surface area contributed by atoms with Crippen molar-refractivity contribution in [1.82, 2.24) is 0 Å². The SMILES string of the molecule is CS(=O)(=O)O[C@@H]1[C@H]2CC3[C@H]4C(=O)C[C@@H]3[C@@H]1[C@H]4C2. The molecular weight excluding hydrogens is 240 g/mol. The molecule has 1 unspecified atom stereocenters. The Kier molecular flexibility index (Phi) is 1.81. The van der Waals surface area contributed by atoms with Crippen molar-refractivity contribution >= 4 is 15.9 Å². The summed E-state index contributed by atoms with van der Waals surface area (Å²) in [5.74, 6) is 2.80. The Labute approximate surface area is 101 Å². The molecule has 5 aliphatic carbocycles. The number of carbonyl (C=O) groups excluding carboxylic acids is 1. The Balaban J connectivity index is 1.70. The summed E-state index contributed by atoms with van der Waals surface area (Å²) >= 11 is 0. The molecule has 0 aromatic carbocycles. The van der Waals surface area contributed by atoms with E-state index in [1.54, 1.807) is 0 Å². The Morgan fingerprint density at radius 3 is 2.59 bits per heavy atom. The fraction of sp³-hybridized carbons (Fsp3) is 0.917. The Morgan fingerprint density at radius 2 is 1.88 bits per heavy atom. The lowest BCUT2D eigenvalue weighted by molar-refractivity contribution is -0.124. The van der Waals surface area contributed by atoms with Gasteiger partial charge >= 0.3 is 0 Å². The van der Waals surface area contributed by atoms with Crippen molar-refractivity contribution in [1.29, 1.82) is 0 Å². The average molecular weight is 256 g/mol. The molecular formula is C12H16O4S. The normalized spacial score (nSPS) is 54.9.